The van der Waals surface area contributed by atoms with Gasteiger partial charge >= 0.3 is 0 Å². The van der Waals surface area contributed by atoms with E-state index in [0.29, 0.717) is 6.04 Å². The zero-order chi connectivity index (χ0) is 13.9. The summed E-state index contributed by atoms with van der Waals surface area (Å²) in [6.07, 6.45) is 0. The first kappa shape index (κ1) is 13.9. The monoisotopic (exact) mass is 292 g/mol. The lowest BCUT2D eigenvalue weighted by atomic mass is 10.1. The molecule has 2 aliphatic rings. The van der Waals surface area contributed by atoms with Crippen LogP contribution in [0.4, 0.5) is 0 Å². The van der Waals surface area contributed by atoms with Crippen molar-refractivity contribution < 1.29 is 0 Å². The van der Waals surface area contributed by atoms with E-state index < -0.39 is 0 Å². The second kappa shape index (κ2) is 6.12. The van der Waals surface area contributed by atoms with E-state index in [1.165, 1.54) is 5.56 Å². The average molecular weight is 293 g/mol. The molecule has 0 bridgehead atoms. The maximum atomic E-state index is 5.96. The molecule has 1 atom stereocenters. The Morgan fingerprint density at radius 2 is 2.10 bits per heavy atom. The van der Waals surface area contributed by atoms with Gasteiger partial charge in [-0.3, -0.25) is 9.89 Å². The summed E-state index contributed by atoms with van der Waals surface area (Å²) >= 11 is 5.96. The highest BCUT2D eigenvalue weighted by molar-refractivity contribution is 6.30. The number of halogens is 1. The minimum Gasteiger partial charge on any atom is -0.371 e. The van der Waals surface area contributed by atoms with Crippen LogP contribution >= 0.6 is 11.6 Å². The lowest BCUT2D eigenvalue weighted by Crippen LogP contribution is -2.56. The van der Waals surface area contributed by atoms with Crippen LogP contribution in [-0.2, 0) is 6.54 Å². The summed E-state index contributed by atoms with van der Waals surface area (Å²) in [5, 5.41) is 4.23. The Morgan fingerprint density at radius 1 is 1.30 bits per heavy atom. The quantitative estimate of drug-likeness (QED) is 0.915. The summed E-state index contributed by atoms with van der Waals surface area (Å²) in [6.45, 7) is 6.06. The van der Waals surface area contributed by atoms with E-state index in [0.717, 1.165) is 50.1 Å². The maximum absolute atomic E-state index is 5.96. The number of hydrogen-bond donors (Lipinski definition) is 1. The predicted molar refractivity (Wildman–Crippen MR) is 83.5 cm³/mol. The highest BCUT2D eigenvalue weighted by Gasteiger charge is 2.30. The van der Waals surface area contributed by atoms with Crippen LogP contribution in [-0.4, -0.2) is 61.4 Å². The van der Waals surface area contributed by atoms with Gasteiger partial charge in [-0.15, -0.1) is 0 Å². The van der Waals surface area contributed by atoms with Crippen molar-refractivity contribution in [3.8, 4) is 0 Å². The first-order valence-electron chi connectivity index (χ1n) is 7.17. The van der Waals surface area contributed by atoms with Gasteiger partial charge in [-0.1, -0.05) is 23.7 Å². The summed E-state index contributed by atoms with van der Waals surface area (Å²) in [4.78, 5) is 9.51. The van der Waals surface area contributed by atoms with Crippen LogP contribution in [0.1, 0.15) is 5.56 Å². The molecule has 1 N–H and O–H groups in total. The molecular weight excluding hydrogens is 272 g/mol. The number of amidine groups is 1. The molecule has 0 aliphatic carbocycles. The van der Waals surface area contributed by atoms with Crippen LogP contribution in [0, 0.1) is 0 Å². The van der Waals surface area contributed by atoms with Crippen molar-refractivity contribution >= 4 is 17.4 Å². The van der Waals surface area contributed by atoms with Gasteiger partial charge in [-0.2, -0.15) is 0 Å². The minimum absolute atomic E-state index is 0.381. The fourth-order valence-electron chi connectivity index (χ4n) is 2.87. The van der Waals surface area contributed by atoms with Crippen LogP contribution in [0.25, 0.3) is 0 Å². The molecule has 1 unspecified atom stereocenters. The minimum atomic E-state index is 0.381. The van der Waals surface area contributed by atoms with Gasteiger partial charge in [0.25, 0.3) is 0 Å². The average Bonchev–Trinajstić information content (AvgIpc) is 2.97. The topological polar surface area (TPSA) is 30.9 Å². The van der Waals surface area contributed by atoms with Crippen LogP contribution in [0.3, 0.4) is 0 Å². The third kappa shape index (κ3) is 3.14. The fraction of sp³-hybridized carbons (Fsp3) is 0.533. The molecule has 2 heterocycles. The Labute approximate surface area is 125 Å². The highest BCUT2D eigenvalue weighted by atomic mass is 35.5. The largest absolute Gasteiger partial charge is 0.371 e. The summed E-state index contributed by atoms with van der Waals surface area (Å²) in [5.74, 6) is 1.16. The predicted octanol–water partition coefficient (Wildman–Crippen LogP) is 1.46. The molecule has 1 saturated heterocycles. The van der Waals surface area contributed by atoms with E-state index in [4.69, 9.17) is 11.6 Å². The van der Waals surface area contributed by atoms with E-state index in [-0.39, 0.29) is 0 Å². The standard InChI is InChI=1S/C15H21ClN4/c1-19-8-9-20(10-12-2-4-13(16)5-3-12)14(11-19)15-17-6-7-18-15/h2-5,14H,6-11H2,1H3,(H,17,18). The van der Waals surface area contributed by atoms with Crippen LogP contribution < -0.4 is 5.32 Å². The van der Waals surface area contributed by atoms with Gasteiger partial charge < -0.3 is 10.2 Å². The number of aliphatic imine (C=N–C) groups is 1. The van der Waals surface area contributed by atoms with Gasteiger partial charge in [0, 0.05) is 37.7 Å². The lowest BCUT2D eigenvalue weighted by molar-refractivity contribution is 0.117. The summed E-state index contributed by atoms with van der Waals surface area (Å²) in [6, 6.07) is 8.54. The molecule has 0 spiro atoms. The molecule has 1 aromatic carbocycles. The third-order valence-corrected chi connectivity index (χ3v) is 4.26. The second-order valence-corrected chi connectivity index (χ2v) is 6.01. The molecule has 0 aromatic heterocycles. The van der Waals surface area contributed by atoms with Crippen molar-refractivity contribution in [3.63, 3.8) is 0 Å². The van der Waals surface area contributed by atoms with Crippen molar-refractivity contribution in [1.82, 2.24) is 15.1 Å². The Bertz CT molecular complexity index is 485. The Kier molecular flexibility index (Phi) is 4.24. The second-order valence-electron chi connectivity index (χ2n) is 5.57. The molecule has 5 heteroatoms. The SMILES string of the molecule is CN1CCN(Cc2ccc(Cl)cc2)C(C2=NCCN2)C1. The summed E-state index contributed by atoms with van der Waals surface area (Å²) in [7, 11) is 2.18. The van der Waals surface area contributed by atoms with Crippen molar-refractivity contribution in [2.45, 2.75) is 12.6 Å². The summed E-state index contributed by atoms with van der Waals surface area (Å²) < 4.78 is 0. The molecular formula is C15H21ClN4. The molecule has 4 nitrogen and oxygen atoms in total. The molecule has 108 valence electrons. The first-order valence-corrected chi connectivity index (χ1v) is 7.55. The molecule has 0 saturated carbocycles. The molecule has 0 amide bonds. The van der Waals surface area contributed by atoms with Crippen molar-refractivity contribution in [2.24, 2.45) is 4.99 Å². The normalized spacial score (nSPS) is 24.5. The van der Waals surface area contributed by atoms with Gasteiger partial charge in [0.15, 0.2) is 0 Å². The number of hydrogen-bond acceptors (Lipinski definition) is 4. The van der Waals surface area contributed by atoms with E-state index in [1.807, 2.05) is 12.1 Å². The fourth-order valence-corrected chi connectivity index (χ4v) is 3.00. The third-order valence-electron chi connectivity index (χ3n) is 4.01. The van der Waals surface area contributed by atoms with E-state index in [9.17, 15) is 0 Å². The number of benzene rings is 1. The first-order chi connectivity index (χ1) is 9.72. The van der Waals surface area contributed by atoms with Gasteiger partial charge in [0.2, 0.25) is 0 Å². The molecule has 20 heavy (non-hydrogen) atoms. The molecule has 1 fully saturated rings. The van der Waals surface area contributed by atoms with Gasteiger partial charge in [-0.05, 0) is 24.7 Å². The zero-order valence-corrected chi connectivity index (χ0v) is 12.6. The van der Waals surface area contributed by atoms with Crippen LogP contribution in [0.2, 0.25) is 5.02 Å². The van der Waals surface area contributed by atoms with Crippen LogP contribution in [0.5, 0.6) is 0 Å². The number of nitrogens with zero attached hydrogens (tertiary/aromatic N) is 3. The molecule has 3 rings (SSSR count). The smallest absolute Gasteiger partial charge is 0.115 e. The maximum Gasteiger partial charge on any atom is 0.115 e. The summed E-state index contributed by atoms with van der Waals surface area (Å²) in [5.41, 5.74) is 1.31. The van der Waals surface area contributed by atoms with Crippen LogP contribution in [0.15, 0.2) is 29.3 Å². The molecule has 0 radical (unpaired) electrons. The van der Waals surface area contributed by atoms with Gasteiger partial charge in [-0.25, -0.2) is 0 Å². The Balaban J connectivity index is 1.73. The number of piperazine rings is 1. The highest BCUT2D eigenvalue weighted by Crippen LogP contribution is 2.17. The van der Waals surface area contributed by atoms with E-state index >= 15 is 0 Å². The van der Waals surface area contributed by atoms with E-state index in [1.54, 1.807) is 0 Å². The van der Waals surface area contributed by atoms with Crippen molar-refractivity contribution in [3.05, 3.63) is 34.9 Å². The van der Waals surface area contributed by atoms with Crippen molar-refractivity contribution in [1.29, 1.82) is 0 Å². The number of nitrogens with one attached hydrogen (secondary N) is 1. The number of likely N-dealkylation sites (N-methyl/N-ethyl adjacent to an activating group) is 1. The number of rotatable bonds is 3. The molecule has 2 aliphatic heterocycles. The molecule has 1 aromatic rings. The Hall–Kier alpha value is -1.10. The Morgan fingerprint density at radius 3 is 2.80 bits per heavy atom. The van der Waals surface area contributed by atoms with Gasteiger partial charge in [0.1, 0.15) is 5.84 Å². The van der Waals surface area contributed by atoms with E-state index in [2.05, 4.69) is 39.3 Å². The van der Waals surface area contributed by atoms with Gasteiger partial charge in [0.05, 0.1) is 12.6 Å². The zero-order valence-electron chi connectivity index (χ0n) is 11.8. The van der Waals surface area contributed by atoms with Crippen molar-refractivity contribution in [2.75, 3.05) is 39.8 Å². The lowest BCUT2D eigenvalue weighted by Gasteiger charge is -2.40.